The maximum Gasteiger partial charge on any atom is 0.255 e. The summed E-state index contributed by atoms with van der Waals surface area (Å²) < 4.78 is 0. The highest BCUT2D eigenvalue weighted by Crippen LogP contribution is 2.30. The standard InChI is InChI=1S/C32H36N4O2/c1-5-35(6-2)27-17-13-23(14-18-27)31(37)33-29-21-25-11-9-10-12-26(25)22-30(29)34-32(38)24-15-19-28(20-16-24)36(7-3)8-4/h9-22H,5-8H2,1-4H3,(H,33,37)(H,34,38). The van der Waals surface area contributed by atoms with Crippen LogP contribution in [-0.2, 0) is 0 Å². The molecule has 2 N–H and O–H groups in total. The Morgan fingerprint density at radius 1 is 0.553 bits per heavy atom. The fraction of sp³-hybridized carbons (Fsp3) is 0.250. The van der Waals surface area contributed by atoms with Crippen LogP contribution in [0.1, 0.15) is 48.4 Å². The van der Waals surface area contributed by atoms with Crippen LogP contribution in [-0.4, -0.2) is 38.0 Å². The Labute approximate surface area is 225 Å². The Balaban J connectivity index is 1.59. The van der Waals surface area contributed by atoms with Gasteiger partial charge in [0.2, 0.25) is 0 Å². The van der Waals surface area contributed by atoms with Gasteiger partial charge in [0.15, 0.2) is 0 Å². The lowest BCUT2D eigenvalue weighted by Gasteiger charge is -2.21. The molecule has 0 spiro atoms. The summed E-state index contributed by atoms with van der Waals surface area (Å²) in [4.78, 5) is 30.8. The fourth-order valence-electron chi connectivity index (χ4n) is 4.66. The summed E-state index contributed by atoms with van der Waals surface area (Å²) in [6.45, 7) is 12.1. The highest BCUT2D eigenvalue weighted by Gasteiger charge is 2.15. The van der Waals surface area contributed by atoms with Gasteiger partial charge in [0.1, 0.15) is 0 Å². The molecule has 0 atom stereocenters. The number of rotatable bonds is 10. The van der Waals surface area contributed by atoms with E-state index in [2.05, 4.69) is 48.1 Å². The molecule has 38 heavy (non-hydrogen) atoms. The molecule has 4 aromatic rings. The van der Waals surface area contributed by atoms with Crippen molar-refractivity contribution < 1.29 is 9.59 Å². The van der Waals surface area contributed by atoms with Gasteiger partial charge in [-0.15, -0.1) is 0 Å². The van der Waals surface area contributed by atoms with E-state index in [1.807, 2.05) is 84.9 Å². The predicted octanol–water partition coefficient (Wildman–Crippen LogP) is 7.04. The fourth-order valence-corrected chi connectivity index (χ4v) is 4.66. The van der Waals surface area contributed by atoms with E-state index in [0.717, 1.165) is 48.3 Å². The van der Waals surface area contributed by atoms with Gasteiger partial charge < -0.3 is 20.4 Å². The van der Waals surface area contributed by atoms with Crippen LogP contribution in [0.3, 0.4) is 0 Å². The minimum atomic E-state index is -0.231. The Morgan fingerprint density at radius 3 is 1.21 bits per heavy atom. The summed E-state index contributed by atoms with van der Waals surface area (Å²) in [6, 6.07) is 26.9. The second-order valence-electron chi connectivity index (χ2n) is 9.09. The summed E-state index contributed by atoms with van der Waals surface area (Å²) in [5, 5.41) is 7.98. The monoisotopic (exact) mass is 508 g/mol. The third kappa shape index (κ3) is 5.97. The number of carbonyl (C=O) groups is 2. The number of hydrogen-bond acceptors (Lipinski definition) is 4. The number of amides is 2. The number of hydrogen-bond donors (Lipinski definition) is 2. The van der Waals surface area contributed by atoms with Crippen molar-refractivity contribution in [3.8, 4) is 0 Å². The summed E-state index contributed by atoms with van der Waals surface area (Å²) in [7, 11) is 0. The van der Waals surface area contributed by atoms with Gasteiger partial charge in [0.25, 0.3) is 11.8 Å². The summed E-state index contributed by atoms with van der Waals surface area (Å²) in [6.07, 6.45) is 0. The molecule has 4 aromatic carbocycles. The molecule has 0 aliphatic carbocycles. The Hall–Kier alpha value is -4.32. The largest absolute Gasteiger partial charge is 0.372 e. The van der Waals surface area contributed by atoms with Crippen LogP contribution < -0.4 is 20.4 Å². The van der Waals surface area contributed by atoms with E-state index < -0.39 is 0 Å². The second-order valence-corrected chi connectivity index (χ2v) is 9.09. The van der Waals surface area contributed by atoms with Crippen molar-refractivity contribution in [2.75, 3.05) is 46.6 Å². The zero-order valence-electron chi connectivity index (χ0n) is 22.6. The van der Waals surface area contributed by atoms with Gasteiger partial charge in [0, 0.05) is 48.7 Å². The van der Waals surface area contributed by atoms with Crippen LogP contribution in [0.25, 0.3) is 10.8 Å². The van der Waals surface area contributed by atoms with Crippen molar-refractivity contribution in [2.45, 2.75) is 27.7 Å². The molecule has 0 aromatic heterocycles. The highest BCUT2D eigenvalue weighted by molar-refractivity contribution is 6.12. The molecule has 196 valence electrons. The van der Waals surface area contributed by atoms with E-state index in [4.69, 9.17) is 0 Å². The maximum atomic E-state index is 13.2. The van der Waals surface area contributed by atoms with E-state index in [1.165, 1.54) is 0 Å². The minimum absolute atomic E-state index is 0.231. The number of nitrogens with zero attached hydrogens (tertiary/aromatic N) is 2. The summed E-state index contributed by atoms with van der Waals surface area (Å²) in [5.41, 5.74) is 4.37. The molecule has 2 amide bonds. The molecule has 6 nitrogen and oxygen atoms in total. The van der Waals surface area contributed by atoms with E-state index in [-0.39, 0.29) is 11.8 Å². The van der Waals surface area contributed by atoms with Crippen LogP contribution >= 0.6 is 0 Å². The van der Waals surface area contributed by atoms with Gasteiger partial charge in [-0.2, -0.15) is 0 Å². The molecule has 0 saturated carbocycles. The molecule has 0 unspecified atom stereocenters. The van der Waals surface area contributed by atoms with Gasteiger partial charge in [-0.05, 0) is 99.1 Å². The molecule has 0 saturated heterocycles. The molecule has 0 fully saturated rings. The lowest BCUT2D eigenvalue weighted by atomic mass is 10.1. The predicted molar refractivity (Wildman–Crippen MR) is 160 cm³/mol. The zero-order valence-corrected chi connectivity index (χ0v) is 22.6. The molecule has 0 aliphatic heterocycles. The normalized spacial score (nSPS) is 10.7. The van der Waals surface area contributed by atoms with E-state index in [0.29, 0.717) is 22.5 Å². The molecule has 0 radical (unpaired) electrons. The summed E-state index contributed by atoms with van der Waals surface area (Å²) in [5.74, 6) is -0.462. The van der Waals surface area contributed by atoms with Gasteiger partial charge in [-0.25, -0.2) is 0 Å². The molecular formula is C32H36N4O2. The Bertz CT molecular complexity index is 1280. The van der Waals surface area contributed by atoms with Crippen molar-refractivity contribution in [3.05, 3.63) is 96.1 Å². The van der Waals surface area contributed by atoms with Crippen molar-refractivity contribution in [2.24, 2.45) is 0 Å². The van der Waals surface area contributed by atoms with Crippen LogP contribution in [0, 0.1) is 0 Å². The third-order valence-corrected chi connectivity index (χ3v) is 6.90. The number of nitrogens with one attached hydrogen (secondary N) is 2. The SMILES string of the molecule is CCN(CC)c1ccc(C(=O)Nc2cc3ccccc3cc2NC(=O)c2ccc(N(CC)CC)cc2)cc1. The molecule has 0 aliphatic rings. The lowest BCUT2D eigenvalue weighted by molar-refractivity contribution is 0.101. The van der Waals surface area contributed by atoms with Crippen LogP contribution in [0.4, 0.5) is 22.7 Å². The molecule has 0 bridgehead atoms. The number of anilines is 4. The first-order valence-electron chi connectivity index (χ1n) is 13.3. The first kappa shape index (κ1) is 26.7. The average molecular weight is 509 g/mol. The van der Waals surface area contributed by atoms with Gasteiger partial charge in [0.05, 0.1) is 11.4 Å². The number of benzene rings is 4. The number of fused-ring (bicyclic) bond motifs is 1. The first-order valence-corrected chi connectivity index (χ1v) is 13.3. The first-order chi connectivity index (χ1) is 18.5. The zero-order chi connectivity index (χ0) is 27.1. The van der Waals surface area contributed by atoms with Crippen molar-refractivity contribution in [3.63, 3.8) is 0 Å². The van der Waals surface area contributed by atoms with Crippen molar-refractivity contribution in [1.82, 2.24) is 0 Å². The molecule has 4 rings (SSSR count). The van der Waals surface area contributed by atoms with Gasteiger partial charge in [-0.1, -0.05) is 24.3 Å². The molecular weight excluding hydrogens is 472 g/mol. The second kappa shape index (κ2) is 12.3. The van der Waals surface area contributed by atoms with Crippen molar-refractivity contribution in [1.29, 1.82) is 0 Å². The van der Waals surface area contributed by atoms with Gasteiger partial charge in [-0.3, -0.25) is 9.59 Å². The van der Waals surface area contributed by atoms with Gasteiger partial charge >= 0.3 is 0 Å². The third-order valence-electron chi connectivity index (χ3n) is 6.90. The Kier molecular flexibility index (Phi) is 8.64. The minimum Gasteiger partial charge on any atom is -0.372 e. The average Bonchev–Trinajstić information content (AvgIpc) is 2.95. The van der Waals surface area contributed by atoms with Crippen LogP contribution in [0.15, 0.2) is 84.9 Å². The smallest absolute Gasteiger partial charge is 0.255 e. The Morgan fingerprint density at radius 2 is 0.895 bits per heavy atom. The number of carbonyl (C=O) groups excluding carboxylic acids is 2. The van der Waals surface area contributed by atoms with E-state index in [1.54, 1.807) is 0 Å². The van der Waals surface area contributed by atoms with Crippen LogP contribution in [0.2, 0.25) is 0 Å². The lowest BCUT2D eigenvalue weighted by Crippen LogP contribution is -2.22. The molecule has 6 heteroatoms. The summed E-state index contributed by atoms with van der Waals surface area (Å²) >= 11 is 0. The van der Waals surface area contributed by atoms with Crippen LogP contribution in [0.5, 0.6) is 0 Å². The quantitative estimate of drug-likeness (QED) is 0.241. The molecule has 0 heterocycles. The van der Waals surface area contributed by atoms with Crippen molar-refractivity contribution >= 4 is 45.3 Å². The highest BCUT2D eigenvalue weighted by atomic mass is 16.2. The maximum absolute atomic E-state index is 13.2. The van der Waals surface area contributed by atoms with E-state index in [9.17, 15) is 9.59 Å². The van der Waals surface area contributed by atoms with E-state index >= 15 is 0 Å². The topological polar surface area (TPSA) is 64.7 Å².